The Bertz CT molecular complexity index is 708. The number of rotatable bonds is 4. The maximum absolute atomic E-state index is 12.3. The van der Waals surface area contributed by atoms with E-state index in [-0.39, 0.29) is 5.91 Å². The van der Waals surface area contributed by atoms with Gasteiger partial charge < -0.3 is 20.5 Å². The van der Waals surface area contributed by atoms with E-state index in [1.807, 2.05) is 30.3 Å². The van der Waals surface area contributed by atoms with E-state index in [4.69, 9.17) is 15.2 Å². The fourth-order valence-electron chi connectivity index (χ4n) is 2.83. The molecule has 2 aromatic carbocycles. The van der Waals surface area contributed by atoms with Crippen LogP contribution in [-0.4, -0.2) is 31.8 Å². The predicted octanol–water partition coefficient (Wildman–Crippen LogP) is 1.97. The first-order chi connectivity index (χ1) is 11.1. The highest BCUT2D eigenvalue weighted by atomic mass is 16.5. The number of nitrogens with one attached hydrogen (secondary N) is 1. The second-order valence-electron chi connectivity index (χ2n) is 6.00. The number of nitrogens with two attached hydrogens (primary N) is 1. The van der Waals surface area contributed by atoms with Gasteiger partial charge in [-0.3, -0.25) is 4.79 Å². The maximum Gasteiger partial charge on any atom is 0.240 e. The van der Waals surface area contributed by atoms with Gasteiger partial charge in [-0.2, -0.15) is 0 Å². The number of fused-ring (bicyclic) bond motifs is 1. The van der Waals surface area contributed by atoms with Crippen molar-refractivity contribution in [2.75, 3.05) is 20.3 Å². The van der Waals surface area contributed by atoms with Crippen molar-refractivity contribution < 1.29 is 14.3 Å². The third-order valence-corrected chi connectivity index (χ3v) is 4.40. The predicted molar refractivity (Wildman–Crippen MR) is 89.3 cm³/mol. The number of amides is 1. The molecule has 23 heavy (non-hydrogen) atoms. The number of hydrogen-bond donors (Lipinski definition) is 2. The summed E-state index contributed by atoms with van der Waals surface area (Å²) in [5.41, 5.74) is 6.43. The molecular weight excluding hydrogens is 292 g/mol. The Kier molecular flexibility index (Phi) is 4.50. The van der Waals surface area contributed by atoms with Gasteiger partial charge in [0, 0.05) is 19.8 Å². The molecule has 0 saturated carbocycles. The minimum Gasteiger partial charge on any atom is -0.497 e. The molecule has 1 amide bonds. The van der Waals surface area contributed by atoms with Crippen LogP contribution in [-0.2, 0) is 16.1 Å². The summed E-state index contributed by atoms with van der Waals surface area (Å²) >= 11 is 0. The molecule has 5 nitrogen and oxygen atoms in total. The summed E-state index contributed by atoms with van der Waals surface area (Å²) in [4.78, 5) is 12.3. The van der Waals surface area contributed by atoms with E-state index in [0.717, 1.165) is 22.1 Å². The molecule has 0 aliphatic carbocycles. The molecule has 122 valence electrons. The fraction of sp³-hybridized carbons (Fsp3) is 0.389. The molecule has 1 saturated heterocycles. The lowest BCUT2D eigenvalue weighted by Gasteiger charge is -2.31. The number of benzene rings is 2. The van der Waals surface area contributed by atoms with Crippen LogP contribution < -0.4 is 15.8 Å². The zero-order chi connectivity index (χ0) is 16.3. The summed E-state index contributed by atoms with van der Waals surface area (Å²) in [6, 6.07) is 12.1. The third kappa shape index (κ3) is 3.46. The van der Waals surface area contributed by atoms with E-state index in [9.17, 15) is 4.79 Å². The summed E-state index contributed by atoms with van der Waals surface area (Å²) in [7, 11) is 1.66. The van der Waals surface area contributed by atoms with E-state index in [1.165, 1.54) is 0 Å². The molecule has 3 N–H and O–H groups in total. The number of ether oxygens (including phenoxy) is 2. The van der Waals surface area contributed by atoms with Crippen LogP contribution in [0.1, 0.15) is 18.4 Å². The lowest BCUT2D eigenvalue weighted by Crippen LogP contribution is -2.56. The van der Waals surface area contributed by atoms with Gasteiger partial charge in [-0.25, -0.2) is 0 Å². The van der Waals surface area contributed by atoms with Gasteiger partial charge in [0.2, 0.25) is 5.91 Å². The minimum atomic E-state index is -0.803. The van der Waals surface area contributed by atoms with Gasteiger partial charge >= 0.3 is 0 Å². The Balaban J connectivity index is 1.68. The van der Waals surface area contributed by atoms with Crippen molar-refractivity contribution in [2.24, 2.45) is 5.73 Å². The van der Waals surface area contributed by atoms with Crippen LogP contribution in [0.4, 0.5) is 0 Å². The second-order valence-corrected chi connectivity index (χ2v) is 6.00. The van der Waals surface area contributed by atoms with E-state index in [0.29, 0.717) is 32.6 Å². The van der Waals surface area contributed by atoms with Crippen molar-refractivity contribution in [2.45, 2.75) is 24.9 Å². The van der Waals surface area contributed by atoms with Crippen molar-refractivity contribution in [3.05, 3.63) is 42.0 Å². The maximum atomic E-state index is 12.3. The Morgan fingerprint density at radius 1 is 1.22 bits per heavy atom. The zero-order valence-corrected chi connectivity index (χ0v) is 13.3. The first-order valence-corrected chi connectivity index (χ1v) is 7.82. The SMILES string of the molecule is COc1ccc2cc(CNC(=O)C3(N)CCOCC3)ccc2c1. The van der Waals surface area contributed by atoms with Crippen molar-refractivity contribution in [1.29, 1.82) is 0 Å². The Labute approximate surface area is 135 Å². The molecule has 1 heterocycles. The molecule has 0 aromatic heterocycles. The topological polar surface area (TPSA) is 73.6 Å². The molecule has 5 heteroatoms. The van der Waals surface area contributed by atoms with Crippen molar-refractivity contribution in [1.82, 2.24) is 5.32 Å². The van der Waals surface area contributed by atoms with Gasteiger partial charge in [-0.05, 0) is 47.4 Å². The Hall–Kier alpha value is -2.11. The van der Waals surface area contributed by atoms with Gasteiger partial charge in [-0.15, -0.1) is 0 Å². The minimum absolute atomic E-state index is 0.101. The monoisotopic (exact) mass is 314 g/mol. The van der Waals surface area contributed by atoms with Crippen LogP contribution in [0.15, 0.2) is 36.4 Å². The molecule has 3 rings (SSSR count). The van der Waals surface area contributed by atoms with E-state index in [2.05, 4.69) is 11.4 Å². The number of carbonyl (C=O) groups is 1. The smallest absolute Gasteiger partial charge is 0.240 e. The Morgan fingerprint density at radius 3 is 2.65 bits per heavy atom. The normalized spacial score (nSPS) is 17.0. The molecule has 1 aliphatic rings. The van der Waals surface area contributed by atoms with Crippen LogP contribution in [0.2, 0.25) is 0 Å². The number of carbonyl (C=O) groups excluding carboxylic acids is 1. The summed E-state index contributed by atoms with van der Waals surface area (Å²) in [6.45, 7) is 1.56. The van der Waals surface area contributed by atoms with Crippen molar-refractivity contribution in [3.8, 4) is 5.75 Å². The van der Waals surface area contributed by atoms with Crippen LogP contribution in [0.25, 0.3) is 10.8 Å². The van der Waals surface area contributed by atoms with Crippen LogP contribution in [0, 0.1) is 0 Å². The summed E-state index contributed by atoms with van der Waals surface area (Å²) in [6.07, 6.45) is 1.13. The fourth-order valence-corrected chi connectivity index (χ4v) is 2.83. The largest absolute Gasteiger partial charge is 0.497 e. The average molecular weight is 314 g/mol. The number of hydrogen-bond acceptors (Lipinski definition) is 4. The molecule has 1 aliphatic heterocycles. The van der Waals surface area contributed by atoms with E-state index < -0.39 is 5.54 Å². The van der Waals surface area contributed by atoms with Crippen molar-refractivity contribution >= 4 is 16.7 Å². The molecular formula is C18H22N2O3. The molecule has 0 unspecified atom stereocenters. The van der Waals surface area contributed by atoms with Crippen molar-refractivity contribution in [3.63, 3.8) is 0 Å². The molecule has 2 aromatic rings. The second kappa shape index (κ2) is 6.56. The summed E-state index contributed by atoms with van der Waals surface area (Å²) in [5, 5.41) is 5.18. The quantitative estimate of drug-likeness (QED) is 0.905. The lowest BCUT2D eigenvalue weighted by atomic mass is 9.90. The molecule has 1 fully saturated rings. The van der Waals surface area contributed by atoms with Crippen LogP contribution >= 0.6 is 0 Å². The lowest BCUT2D eigenvalue weighted by molar-refractivity contribution is -0.129. The molecule has 0 radical (unpaired) electrons. The zero-order valence-electron chi connectivity index (χ0n) is 13.3. The third-order valence-electron chi connectivity index (χ3n) is 4.40. The van der Waals surface area contributed by atoms with E-state index >= 15 is 0 Å². The first kappa shape index (κ1) is 15.8. The Morgan fingerprint density at radius 2 is 1.91 bits per heavy atom. The highest BCUT2D eigenvalue weighted by molar-refractivity contribution is 5.87. The standard InChI is InChI=1S/C18H22N2O3/c1-22-16-5-4-14-10-13(2-3-15(14)11-16)12-20-17(21)18(19)6-8-23-9-7-18/h2-5,10-11H,6-9,12,19H2,1H3,(H,20,21). The van der Waals surface area contributed by atoms with Crippen LogP contribution in [0.5, 0.6) is 5.75 Å². The highest BCUT2D eigenvalue weighted by Gasteiger charge is 2.35. The average Bonchev–Trinajstić information content (AvgIpc) is 2.59. The highest BCUT2D eigenvalue weighted by Crippen LogP contribution is 2.22. The van der Waals surface area contributed by atoms with E-state index in [1.54, 1.807) is 7.11 Å². The molecule has 0 spiro atoms. The van der Waals surface area contributed by atoms with Gasteiger partial charge in [0.1, 0.15) is 5.75 Å². The van der Waals surface area contributed by atoms with Gasteiger partial charge in [0.05, 0.1) is 12.6 Å². The van der Waals surface area contributed by atoms with Gasteiger partial charge in [0.15, 0.2) is 0 Å². The summed E-state index contributed by atoms with van der Waals surface area (Å²) < 4.78 is 10.5. The van der Waals surface area contributed by atoms with Crippen LogP contribution in [0.3, 0.4) is 0 Å². The first-order valence-electron chi connectivity index (χ1n) is 7.82. The van der Waals surface area contributed by atoms with Gasteiger partial charge in [-0.1, -0.05) is 18.2 Å². The molecule has 0 bridgehead atoms. The summed E-state index contributed by atoms with van der Waals surface area (Å²) in [5.74, 6) is 0.735. The van der Waals surface area contributed by atoms with Gasteiger partial charge in [0.25, 0.3) is 0 Å². The number of methoxy groups -OCH3 is 1. The molecule has 0 atom stereocenters.